The van der Waals surface area contributed by atoms with E-state index in [-0.39, 0.29) is 16.2 Å². The van der Waals surface area contributed by atoms with E-state index in [4.69, 9.17) is 0 Å². The lowest BCUT2D eigenvalue weighted by Crippen LogP contribution is -2.57. The monoisotopic (exact) mass is 671 g/mol. The van der Waals surface area contributed by atoms with Gasteiger partial charge in [0.25, 0.3) is 0 Å². The molecule has 1 nitrogen and oxygen atoms in total. The summed E-state index contributed by atoms with van der Waals surface area (Å²) in [4.78, 5) is 5.54. The van der Waals surface area contributed by atoms with Gasteiger partial charge in [-0.3, -0.25) is 0 Å². The standard InChI is InChI=1S/C48H49NS/c1-46(2)22-23-47(3,4)42-30-38(19-21-39(42)46)49(37-14-9-6-10-15-37)43-17-11-16-41-45(43)50-44-29-34(33-12-7-5-8-13-33)18-20-40(44)48(41)35-25-31-24-32(27-35)28-36(48)26-31/h5-21,29-32,35-36H,22-28H2,1-4H3. The molecule has 0 radical (unpaired) electrons. The van der Waals surface area contributed by atoms with Crippen LogP contribution in [0.2, 0.25) is 0 Å². The largest absolute Gasteiger partial charge is 0.309 e. The third-order valence-corrected chi connectivity index (χ3v) is 15.2. The third-order valence-electron chi connectivity index (χ3n) is 14.0. The van der Waals surface area contributed by atoms with Crippen molar-refractivity contribution in [3.8, 4) is 11.1 Å². The minimum Gasteiger partial charge on any atom is -0.309 e. The number of benzene rings is 5. The molecule has 252 valence electrons. The Morgan fingerprint density at radius 2 is 1.16 bits per heavy atom. The number of anilines is 3. The smallest absolute Gasteiger partial charge is 0.0604 e. The van der Waals surface area contributed by atoms with Crippen molar-refractivity contribution in [2.24, 2.45) is 23.7 Å². The van der Waals surface area contributed by atoms with Crippen molar-refractivity contribution in [2.45, 2.75) is 98.7 Å². The van der Waals surface area contributed by atoms with Gasteiger partial charge in [-0.15, -0.1) is 0 Å². The van der Waals surface area contributed by atoms with Gasteiger partial charge in [0.1, 0.15) is 0 Å². The Balaban J connectivity index is 1.21. The number of fused-ring (bicyclic) bond motifs is 3. The van der Waals surface area contributed by atoms with Gasteiger partial charge in [0, 0.05) is 26.6 Å². The first-order valence-corrected chi connectivity index (χ1v) is 20.1. The molecule has 0 unspecified atom stereocenters. The van der Waals surface area contributed by atoms with Crippen molar-refractivity contribution in [3.05, 3.63) is 138 Å². The first kappa shape index (κ1) is 31.0. The molecule has 5 aromatic rings. The van der Waals surface area contributed by atoms with E-state index in [1.807, 2.05) is 11.8 Å². The molecule has 0 amide bonds. The molecule has 50 heavy (non-hydrogen) atoms. The lowest BCUT2D eigenvalue weighted by molar-refractivity contribution is -0.0443. The van der Waals surface area contributed by atoms with Crippen LogP contribution in [0.25, 0.3) is 11.1 Å². The van der Waals surface area contributed by atoms with Crippen molar-refractivity contribution in [3.63, 3.8) is 0 Å². The predicted molar refractivity (Wildman–Crippen MR) is 210 cm³/mol. The van der Waals surface area contributed by atoms with Crippen molar-refractivity contribution < 1.29 is 0 Å². The number of rotatable bonds is 4. The Morgan fingerprint density at radius 1 is 0.520 bits per heavy atom. The second kappa shape index (κ2) is 11.1. The Kier molecular flexibility index (Phi) is 6.90. The van der Waals surface area contributed by atoms with Crippen LogP contribution in [0.4, 0.5) is 17.1 Å². The van der Waals surface area contributed by atoms with Crippen LogP contribution >= 0.6 is 11.8 Å². The maximum atomic E-state index is 2.60. The van der Waals surface area contributed by atoms with Gasteiger partial charge in [0.15, 0.2) is 0 Å². The van der Waals surface area contributed by atoms with E-state index in [0.29, 0.717) is 11.8 Å². The summed E-state index contributed by atoms with van der Waals surface area (Å²) in [6, 6.07) is 44.5. The molecule has 4 fully saturated rings. The molecule has 4 bridgehead atoms. The van der Waals surface area contributed by atoms with Gasteiger partial charge in [-0.25, -0.2) is 0 Å². The number of hydrogen-bond donors (Lipinski definition) is 0. The Labute approximate surface area is 303 Å². The molecular weight excluding hydrogens is 623 g/mol. The summed E-state index contributed by atoms with van der Waals surface area (Å²) < 4.78 is 0. The normalized spacial score (nSPS) is 27.8. The molecule has 0 N–H and O–H groups in total. The van der Waals surface area contributed by atoms with Gasteiger partial charge >= 0.3 is 0 Å². The van der Waals surface area contributed by atoms with Gasteiger partial charge in [0.2, 0.25) is 0 Å². The summed E-state index contributed by atoms with van der Waals surface area (Å²) in [5.41, 5.74) is 13.1. The average Bonchev–Trinajstić information content (AvgIpc) is 3.12. The maximum Gasteiger partial charge on any atom is 0.0604 e. The van der Waals surface area contributed by atoms with E-state index in [1.54, 1.807) is 11.1 Å². The molecule has 0 saturated heterocycles. The van der Waals surface area contributed by atoms with Crippen molar-refractivity contribution in [1.29, 1.82) is 0 Å². The molecule has 0 atom stereocenters. The summed E-state index contributed by atoms with van der Waals surface area (Å²) in [7, 11) is 0. The highest BCUT2D eigenvalue weighted by Gasteiger charge is 2.61. The van der Waals surface area contributed by atoms with Crippen molar-refractivity contribution in [1.82, 2.24) is 0 Å². The molecule has 5 aromatic carbocycles. The highest BCUT2D eigenvalue weighted by atomic mass is 32.2. The zero-order valence-corrected chi connectivity index (χ0v) is 30.9. The fourth-order valence-electron chi connectivity index (χ4n) is 11.7. The van der Waals surface area contributed by atoms with Crippen LogP contribution in [0.5, 0.6) is 0 Å². The second-order valence-electron chi connectivity index (χ2n) is 17.7. The zero-order chi connectivity index (χ0) is 33.8. The molecule has 1 spiro atoms. The van der Waals surface area contributed by atoms with Gasteiger partial charge in [-0.2, -0.15) is 0 Å². The van der Waals surface area contributed by atoms with Gasteiger partial charge in [0.05, 0.1) is 5.69 Å². The molecule has 4 saturated carbocycles. The second-order valence-corrected chi connectivity index (χ2v) is 18.7. The summed E-state index contributed by atoms with van der Waals surface area (Å²) >= 11 is 2.04. The first-order chi connectivity index (χ1) is 24.2. The van der Waals surface area contributed by atoms with E-state index in [1.165, 1.54) is 94.1 Å². The number of nitrogens with zero attached hydrogens (tertiary/aromatic N) is 1. The molecule has 0 aromatic heterocycles. The zero-order valence-electron chi connectivity index (χ0n) is 30.1. The highest BCUT2D eigenvalue weighted by molar-refractivity contribution is 7.99. The molecule has 1 aliphatic heterocycles. The van der Waals surface area contributed by atoms with Crippen LogP contribution in [0, 0.1) is 23.7 Å². The molecule has 2 heteroatoms. The lowest BCUT2D eigenvalue weighted by Gasteiger charge is -2.63. The lowest BCUT2D eigenvalue weighted by atomic mass is 9.42. The number of hydrogen-bond acceptors (Lipinski definition) is 2. The summed E-state index contributed by atoms with van der Waals surface area (Å²) in [5, 5.41) is 0. The number of para-hydroxylation sites is 1. The van der Waals surface area contributed by atoms with Crippen LogP contribution < -0.4 is 4.90 Å². The Bertz CT molecular complexity index is 2080. The average molecular weight is 672 g/mol. The van der Waals surface area contributed by atoms with Crippen molar-refractivity contribution in [2.75, 3.05) is 4.90 Å². The van der Waals surface area contributed by atoms with E-state index in [2.05, 4.69) is 148 Å². The van der Waals surface area contributed by atoms with Crippen molar-refractivity contribution >= 4 is 28.8 Å². The molecule has 5 aliphatic carbocycles. The van der Waals surface area contributed by atoms with Crippen LogP contribution in [-0.4, -0.2) is 0 Å². The van der Waals surface area contributed by atoms with E-state index < -0.39 is 0 Å². The van der Waals surface area contributed by atoms with Gasteiger partial charge in [-0.05, 0) is 149 Å². The van der Waals surface area contributed by atoms with Crippen LogP contribution in [0.1, 0.15) is 94.9 Å². The summed E-state index contributed by atoms with van der Waals surface area (Å²) in [5.74, 6) is 3.26. The predicted octanol–water partition coefficient (Wildman–Crippen LogP) is 13.4. The third kappa shape index (κ3) is 4.52. The Hall–Kier alpha value is -3.75. The quantitative estimate of drug-likeness (QED) is 0.187. The fraction of sp³-hybridized carbons (Fsp3) is 0.375. The van der Waals surface area contributed by atoms with E-state index >= 15 is 0 Å². The van der Waals surface area contributed by atoms with Crippen LogP contribution in [-0.2, 0) is 16.2 Å². The topological polar surface area (TPSA) is 3.24 Å². The molecular formula is C48H49NS. The van der Waals surface area contributed by atoms with E-state index in [9.17, 15) is 0 Å². The minimum absolute atomic E-state index is 0.0821. The molecule has 1 heterocycles. The summed E-state index contributed by atoms with van der Waals surface area (Å²) in [6.45, 7) is 9.78. The first-order valence-electron chi connectivity index (χ1n) is 19.2. The SMILES string of the molecule is CC1(C)CCC(C)(C)c2cc(N(c3ccccc3)c3cccc4c3Sc3cc(-c5ccccc5)ccc3C43C4CC5CC(C4)CC3C5)ccc21. The summed E-state index contributed by atoms with van der Waals surface area (Å²) in [6.07, 6.45) is 9.47. The fourth-order valence-corrected chi connectivity index (χ4v) is 13.0. The van der Waals surface area contributed by atoms with E-state index in [0.717, 1.165) is 11.8 Å². The van der Waals surface area contributed by atoms with Crippen LogP contribution in [0.3, 0.4) is 0 Å². The minimum atomic E-state index is 0.0821. The molecule has 6 aliphatic rings. The van der Waals surface area contributed by atoms with Crippen LogP contribution in [0.15, 0.2) is 125 Å². The Morgan fingerprint density at radius 3 is 1.86 bits per heavy atom. The maximum absolute atomic E-state index is 2.60. The van der Waals surface area contributed by atoms with Gasteiger partial charge < -0.3 is 4.90 Å². The highest BCUT2D eigenvalue weighted by Crippen LogP contribution is 2.70. The molecule has 11 rings (SSSR count). The van der Waals surface area contributed by atoms with Gasteiger partial charge in [-0.1, -0.05) is 118 Å².